The Bertz CT molecular complexity index is 529. The van der Waals surface area contributed by atoms with E-state index >= 15 is 0 Å². The van der Waals surface area contributed by atoms with Crippen LogP contribution in [0.15, 0.2) is 18.2 Å². The van der Waals surface area contributed by atoms with Gasteiger partial charge in [0.1, 0.15) is 13.2 Å². The SMILES string of the molecule is C[C@@H]1[C@@H](C)CCC[C@H]1NC(=O)c1ccc2c(c1)OCCO2. The zero-order valence-corrected chi connectivity index (χ0v) is 12.7. The lowest BCUT2D eigenvalue weighted by Gasteiger charge is -2.34. The van der Waals surface area contributed by atoms with Gasteiger partial charge in [-0.25, -0.2) is 0 Å². The predicted molar refractivity (Wildman–Crippen MR) is 80.9 cm³/mol. The largest absolute Gasteiger partial charge is 0.486 e. The Hall–Kier alpha value is -1.71. The number of ether oxygens (including phenoxy) is 2. The van der Waals surface area contributed by atoms with Gasteiger partial charge in [0, 0.05) is 11.6 Å². The lowest BCUT2D eigenvalue weighted by Crippen LogP contribution is -2.43. The van der Waals surface area contributed by atoms with Crippen molar-refractivity contribution < 1.29 is 14.3 Å². The molecule has 1 saturated carbocycles. The number of carbonyl (C=O) groups excluding carboxylic acids is 1. The fraction of sp³-hybridized carbons (Fsp3) is 0.588. The molecule has 1 aliphatic carbocycles. The first-order chi connectivity index (χ1) is 10.1. The summed E-state index contributed by atoms with van der Waals surface area (Å²) in [5.74, 6) is 2.57. The van der Waals surface area contributed by atoms with Crippen molar-refractivity contribution in [2.24, 2.45) is 11.8 Å². The molecule has 1 N–H and O–H groups in total. The molecule has 1 heterocycles. The van der Waals surface area contributed by atoms with Crippen LogP contribution in [0, 0.1) is 11.8 Å². The lowest BCUT2D eigenvalue weighted by atomic mass is 9.78. The number of hydrogen-bond donors (Lipinski definition) is 1. The van der Waals surface area contributed by atoms with E-state index in [9.17, 15) is 4.79 Å². The molecule has 1 aromatic carbocycles. The molecule has 1 aliphatic heterocycles. The molecule has 114 valence electrons. The Morgan fingerprint density at radius 1 is 1.14 bits per heavy atom. The summed E-state index contributed by atoms with van der Waals surface area (Å²) in [6.07, 6.45) is 3.52. The summed E-state index contributed by atoms with van der Waals surface area (Å²) in [5.41, 5.74) is 0.643. The summed E-state index contributed by atoms with van der Waals surface area (Å²) in [4.78, 5) is 12.4. The van der Waals surface area contributed by atoms with Crippen LogP contribution >= 0.6 is 0 Å². The molecule has 0 spiro atoms. The number of rotatable bonds is 2. The van der Waals surface area contributed by atoms with Gasteiger partial charge in [0.2, 0.25) is 0 Å². The van der Waals surface area contributed by atoms with Crippen molar-refractivity contribution in [3.63, 3.8) is 0 Å². The number of hydrogen-bond acceptors (Lipinski definition) is 3. The second kappa shape index (κ2) is 5.96. The fourth-order valence-corrected chi connectivity index (χ4v) is 3.22. The highest BCUT2D eigenvalue weighted by atomic mass is 16.6. The van der Waals surface area contributed by atoms with E-state index in [1.54, 1.807) is 12.1 Å². The molecule has 1 aromatic rings. The van der Waals surface area contributed by atoms with Crippen LogP contribution in [0.25, 0.3) is 0 Å². The zero-order chi connectivity index (χ0) is 14.8. The van der Waals surface area contributed by atoms with Gasteiger partial charge in [0.15, 0.2) is 11.5 Å². The van der Waals surface area contributed by atoms with Gasteiger partial charge in [-0.2, -0.15) is 0 Å². The highest BCUT2D eigenvalue weighted by Crippen LogP contribution is 2.32. The molecule has 0 saturated heterocycles. The first-order valence-electron chi connectivity index (χ1n) is 7.85. The minimum atomic E-state index is -0.0158. The van der Waals surface area contributed by atoms with Crippen molar-refractivity contribution in [2.75, 3.05) is 13.2 Å². The molecular formula is C17H23NO3. The van der Waals surface area contributed by atoms with Crippen molar-refractivity contribution in [1.82, 2.24) is 5.32 Å². The van der Waals surface area contributed by atoms with Crippen molar-refractivity contribution in [2.45, 2.75) is 39.2 Å². The summed E-state index contributed by atoms with van der Waals surface area (Å²) in [7, 11) is 0. The number of nitrogens with one attached hydrogen (secondary N) is 1. The first-order valence-corrected chi connectivity index (χ1v) is 7.85. The standard InChI is InChI=1S/C17H23NO3/c1-11-4-3-5-14(12(11)2)18-17(19)13-6-7-15-16(10-13)21-9-8-20-15/h6-7,10-12,14H,3-5,8-9H2,1-2H3,(H,18,19)/t11-,12+,14+/m0/s1. The smallest absolute Gasteiger partial charge is 0.251 e. The van der Waals surface area contributed by atoms with Crippen molar-refractivity contribution in [3.05, 3.63) is 23.8 Å². The Balaban J connectivity index is 1.70. The van der Waals surface area contributed by atoms with Gasteiger partial charge < -0.3 is 14.8 Å². The highest BCUT2D eigenvalue weighted by Gasteiger charge is 2.28. The van der Waals surface area contributed by atoms with E-state index in [1.165, 1.54) is 12.8 Å². The van der Waals surface area contributed by atoms with E-state index in [2.05, 4.69) is 19.2 Å². The third-order valence-electron chi connectivity index (χ3n) is 4.83. The molecule has 4 heteroatoms. The summed E-state index contributed by atoms with van der Waals surface area (Å²) >= 11 is 0. The number of benzene rings is 1. The van der Waals surface area contributed by atoms with Crippen LogP contribution in [0.1, 0.15) is 43.5 Å². The van der Waals surface area contributed by atoms with Crippen LogP contribution in [-0.2, 0) is 0 Å². The number of amides is 1. The van der Waals surface area contributed by atoms with Gasteiger partial charge in [-0.1, -0.05) is 26.7 Å². The van der Waals surface area contributed by atoms with Crippen LogP contribution < -0.4 is 14.8 Å². The second-order valence-electron chi connectivity index (χ2n) is 6.21. The van der Waals surface area contributed by atoms with Gasteiger partial charge in [0.05, 0.1) is 0 Å². The van der Waals surface area contributed by atoms with Crippen LogP contribution in [0.5, 0.6) is 11.5 Å². The van der Waals surface area contributed by atoms with E-state index in [0.29, 0.717) is 36.4 Å². The fourth-order valence-electron chi connectivity index (χ4n) is 3.22. The van der Waals surface area contributed by atoms with Crippen LogP contribution in [0.2, 0.25) is 0 Å². The monoisotopic (exact) mass is 289 g/mol. The summed E-state index contributed by atoms with van der Waals surface area (Å²) in [5, 5.41) is 3.19. The molecular weight excluding hydrogens is 266 g/mol. The normalized spacial score (nSPS) is 28.0. The Kier molecular flexibility index (Phi) is 4.04. The number of fused-ring (bicyclic) bond motifs is 1. The predicted octanol–water partition coefficient (Wildman–Crippen LogP) is 3.01. The molecule has 1 amide bonds. The van der Waals surface area contributed by atoms with Gasteiger partial charge in [-0.15, -0.1) is 0 Å². The molecule has 0 radical (unpaired) electrons. The summed E-state index contributed by atoms with van der Waals surface area (Å²) in [6.45, 7) is 5.61. The van der Waals surface area contributed by atoms with Crippen molar-refractivity contribution in [1.29, 1.82) is 0 Å². The quantitative estimate of drug-likeness (QED) is 0.910. The maximum Gasteiger partial charge on any atom is 0.251 e. The maximum atomic E-state index is 12.4. The van der Waals surface area contributed by atoms with Gasteiger partial charge in [0.25, 0.3) is 5.91 Å². The molecule has 4 nitrogen and oxygen atoms in total. The third-order valence-corrected chi connectivity index (χ3v) is 4.83. The highest BCUT2D eigenvalue weighted by molar-refractivity contribution is 5.95. The molecule has 0 bridgehead atoms. The Morgan fingerprint density at radius 2 is 1.90 bits per heavy atom. The van der Waals surface area contributed by atoms with E-state index in [-0.39, 0.29) is 11.9 Å². The Morgan fingerprint density at radius 3 is 2.71 bits per heavy atom. The van der Waals surface area contributed by atoms with Crippen molar-refractivity contribution in [3.8, 4) is 11.5 Å². The third kappa shape index (κ3) is 2.99. The van der Waals surface area contributed by atoms with Gasteiger partial charge >= 0.3 is 0 Å². The summed E-state index contributed by atoms with van der Waals surface area (Å²) < 4.78 is 11.0. The molecule has 3 rings (SSSR count). The molecule has 1 fully saturated rings. The zero-order valence-electron chi connectivity index (χ0n) is 12.7. The topological polar surface area (TPSA) is 47.6 Å². The maximum absolute atomic E-state index is 12.4. The van der Waals surface area contributed by atoms with Crippen LogP contribution in [0.4, 0.5) is 0 Å². The van der Waals surface area contributed by atoms with Crippen LogP contribution in [-0.4, -0.2) is 25.2 Å². The lowest BCUT2D eigenvalue weighted by molar-refractivity contribution is 0.0890. The average molecular weight is 289 g/mol. The minimum Gasteiger partial charge on any atom is -0.486 e. The summed E-state index contributed by atoms with van der Waals surface area (Å²) in [6, 6.07) is 5.67. The molecule has 2 aliphatic rings. The minimum absolute atomic E-state index is 0.0158. The average Bonchev–Trinajstić information content (AvgIpc) is 2.51. The van der Waals surface area contributed by atoms with Gasteiger partial charge in [-0.05, 0) is 36.5 Å². The molecule has 0 aromatic heterocycles. The molecule has 0 unspecified atom stereocenters. The molecule has 21 heavy (non-hydrogen) atoms. The van der Waals surface area contributed by atoms with Crippen LogP contribution in [0.3, 0.4) is 0 Å². The first kappa shape index (κ1) is 14.2. The van der Waals surface area contributed by atoms with E-state index in [1.807, 2.05) is 6.07 Å². The number of carbonyl (C=O) groups is 1. The van der Waals surface area contributed by atoms with Gasteiger partial charge in [-0.3, -0.25) is 4.79 Å². The van der Waals surface area contributed by atoms with E-state index in [4.69, 9.17) is 9.47 Å². The van der Waals surface area contributed by atoms with E-state index in [0.717, 1.165) is 12.2 Å². The van der Waals surface area contributed by atoms with Crippen molar-refractivity contribution >= 4 is 5.91 Å². The Labute approximate surface area is 125 Å². The van der Waals surface area contributed by atoms with E-state index < -0.39 is 0 Å². The molecule has 3 atom stereocenters. The second-order valence-corrected chi connectivity index (χ2v) is 6.21.